The Kier molecular flexibility index (Phi) is 4.33. The molecule has 0 saturated carbocycles. The fraction of sp³-hybridized carbons (Fsp3) is 0.200. The van der Waals surface area contributed by atoms with E-state index in [1.54, 1.807) is 22.9 Å². The van der Waals surface area contributed by atoms with Crippen LogP contribution in [0.25, 0.3) is 6.08 Å². The van der Waals surface area contributed by atoms with Crippen molar-refractivity contribution in [1.82, 2.24) is 9.78 Å². The number of aliphatic carboxylic acids is 1. The van der Waals surface area contributed by atoms with Crippen molar-refractivity contribution in [1.29, 1.82) is 0 Å². The molecule has 1 aromatic carbocycles. The second kappa shape index (κ2) is 6.01. The van der Waals surface area contributed by atoms with Crippen molar-refractivity contribution in [3.8, 4) is 11.5 Å². The van der Waals surface area contributed by atoms with Gasteiger partial charge in [0.1, 0.15) is 11.4 Å². The lowest BCUT2D eigenvalue weighted by atomic mass is 10.2. The van der Waals surface area contributed by atoms with Crippen LogP contribution >= 0.6 is 11.6 Å². The molecule has 0 aliphatic heterocycles. The number of carboxylic acids is 1. The van der Waals surface area contributed by atoms with E-state index in [0.717, 1.165) is 17.5 Å². The molecule has 21 heavy (non-hydrogen) atoms. The number of hydrogen-bond donors (Lipinski definition) is 1. The van der Waals surface area contributed by atoms with Gasteiger partial charge in [0.2, 0.25) is 0 Å². The van der Waals surface area contributed by atoms with E-state index in [9.17, 15) is 4.79 Å². The van der Waals surface area contributed by atoms with E-state index in [-0.39, 0.29) is 0 Å². The number of carbonyl (C=O) groups is 1. The van der Waals surface area contributed by atoms with Crippen LogP contribution in [0, 0.1) is 13.8 Å². The molecular formula is C15H15ClN2O3. The lowest BCUT2D eigenvalue weighted by Gasteiger charge is -2.08. The maximum atomic E-state index is 10.5. The number of benzene rings is 1. The largest absolute Gasteiger partial charge is 0.478 e. The summed E-state index contributed by atoms with van der Waals surface area (Å²) in [7, 11) is 1.84. The molecule has 0 radical (unpaired) electrons. The maximum absolute atomic E-state index is 10.5. The monoisotopic (exact) mass is 306 g/mol. The minimum Gasteiger partial charge on any atom is -0.478 e. The lowest BCUT2D eigenvalue weighted by Crippen LogP contribution is -1.93. The molecular weight excluding hydrogens is 292 g/mol. The maximum Gasteiger partial charge on any atom is 0.328 e. The quantitative estimate of drug-likeness (QED) is 0.877. The lowest BCUT2D eigenvalue weighted by molar-refractivity contribution is -0.131. The Morgan fingerprint density at radius 2 is 2.14 bits per heavy atom. The number of hydrogen-bond acceptors (Lipinski definition) is 3. The van der Waals surface area contributed by atoms with Crippen molar-refractivity contribution in [2.75, 3.05) is 0 Å². The predicted octanol–water partition coefficient (Wildman–Crippen LogP) is 3.58. The van der Waals surface area contributed by atoms with E-state index in [0.29, 0.717) is 22.1 Å². The Morgan fingerprint density at radius 3 is 2.67 bits per heavy atom. The van der Waals surface area contributed by atoms with Crippen LogP contribution in [0.4, 0.5) is 0 Å². The first-order valence-corrected chi connectivity index (χ1v) is 6.65. The Morgan fingerprint density at radius 1 is 1.43 bits per heavy atom. The van der Waals surface area contributed by atoms with Crippen LogP contribution in [0.2, 0.25) is 5.02 Å². The molecule has 0 saturated heterocycles. The highest BCUT2D eigenvalue weighted by molar-refractivity contribution is 6.32. The summed E-state index contributed by atoms with van der Waals surface area (Å²) in [5, 5.41) is 13.3. The molecule has 0 aliphatic carbocycles. The van der Waals surface area contributed by atoms with Crippen LogP contribution in [-0.4, -0.2) is 20.9 Å². The fourth-order valence-corrected chi connectivity index (χ4v) is 2.11. The Hall–Kier alpha value is -2.27. The van der Waals surface area contributed by atoms with Crippen molar-refractivity contribution < 1.29 is 14.6 Å². The minimum atomic E-state index is -1.01. The summed E-state index contributed by atoms with van der Waals surface area (Å²) in [4.78, 5) is 10.5. The number of aryl methyl sites for hydroxylation is 2. The molecule has 2 rings (SSSR count). The third-order valence-corrected chi connectivity index (χ3v) is 3.32. The number of ether oxygens (including phenoxy) is 1. The molecule has 2 aromatic rings. The molecule has 0 bridgehead atoms. The summed E-state index contributed by atoms with van der Waals surface area (Å²) in [5.41, 5.74) is 2.37. The predicted molar refractivity (Wildman–Crippen MR) is 80.9 cm³/mol. The van der Waals surface area contributed by atoms with E-state index >= 15 is 0 Å². The van der Waals surface area contributed by atoms with Gasteiger partial charge in [-0.15, -0.1) is 0 Å². The molecule has 0 unspecified atom stereocenters. The van der Waals surface area contributed by atoms with Crippen molar-refractivity contribution in [3.05, 3.63) is 46.2 Å². The summed E-state index contributed by atoms with van der Waals surface area (Å²) in [6.07, 6.45) is 2.53. The Labute approximate surface area is 127 Å². The second-order valence-corrected chi connectivity index (χ2v) is 4.99. The van der Waals surface area contributed by atoms with Crippen LogP contribution in [0.1, 0.15) is 17.0 Å². The summed E-state index contributed by atoms with van der Waals surface area (Å²) in [6.45, 7) is 3.77. The SMILES string of the molecule is Cc1nn(C)c(C)c1Oc1ccc(/C=C/C(=O)O)cc1Cl. The van der Waals surface area contributed by atoms with Gasteiger partial charge in [0.25, 0.3) is 0 Å². The molecule has 0 aliphatic rings. The number of aromatic nitrogens is 2. The van der Waals surface area contributed by atoms with Crippen LogP contribution < -0.4 is 4.74 Å². The van der Waals surface area contributed by atoms with Gasteiger partial charge >= 0.3 is 5.97 Å². The Bertz CT molecular complexity index is 720. The summed E-state index contributed by atoms with van der Waals surface area (Å²) < 4.78 is 7.56. The summed E-state index contributed by atoms with van der Waals surface area (Å²) in [6, 6.07) is 5.09. The molecule has 0 amide bonds. The zero-order valence-electron chi connectivity index (χ0n) is 11.9. The zero-order chi connectivity index (χ0) is 15.6. The van der Waals surface area contributed by atoms with Gasteiger partial charge in [-0.1, -0.05) is 17.7 Å². The first-order valence-electron chi connectivity index (χ1n) is 6.27. The highest BCUT2D eigenvalue weighted by Crippen LogP contribution is 2.33. The van der Waals surface area contributed by atoms with Crippen molar-refractivity contribution in [3.63, 3.8) is 0 Å². The molecule has 1 N–H and O–H groups in total. The van der Waals surface area contributed by atoms with Crippen molar-refractivity contribution in [2.45, 2.75) is 13.8 Å². The third kappa shape index (κ3) is 3.44. The van der Waals surface area contributed by atoms with E-state index in [1.165, 1.54) is 6.08 Å². The molecule has 1 aromatic heterocycles. The van der Waals surface area contributed by atoms with Gasteiger partial charge in [-0.05, 0) is 37.6 Å². The van der Waals surface area contributed by atoms with Gasteiger partial charge in [0.15, 0.2) is 5.75 Å². The topological polar surface area (TPSA) is 64.4 Å². The van der Waals surface area contributed by atoms with Crippen LogP contribution in [0.5, 0.6) is 11.5 Å². The van der Waals surface area contributed by atoms with Gasteiger partial charge in [-0.25, -0.2) is 4.79 Å². The molecule has 0 fully saturated rings. The van der Waals surface area contributed by atoms with Crippen molar-refractivity contribution in [2.24, 2.45) is 7.05 Å². The van der Waals surface area contributed by atoms with E-state index in [2.05, 4.69) is 5.10 Å². The number of nitrogens with zero attached hydrogens (tertiary/aromatic N) is 2. The Balaban J connectivity index is 2.27. The van der Waals surface area contributed by atoms with Gasteiger partial charge in [0.05, 0.1) is 10.7 Å². The van der Waals surface area contributed by atoms with Gasteiger partial charge in [-0.2, -0.15) is 5.10 Å². The molecule has 0 spiro atoms. The average Bonchev–Trinajstić information content (AvgIpc) is 2.65. The van der Waals surface area contributed by atoms with Gasteiger partial charge < -0.3 is 9.84 Å². The number of rotatable bonds is 4. The van der Waals surface area contributed by atoms with Gasteiger partial charge in [0, 0.05) is 13.1 Å². The molecule has 1 heterocycles. The summed E-state index contributed by atoms with van der Waals surface area (Å²) >= 11 is 6.17. The standard InChI is InChI=1S/C15H15ClN2O3/c1-9-15(10(2)18(3)17-9)21-13-6-4-11(8-12(13)16)5-7-14(19)20/h4-8H,1-3H3,(H,19,20)/b7-5+. The summed E-state index contributed by atoms with van der Waals surface area (Å²) in [5.74, 6) is 0.171. The van der Waals surface area contributed by atoms with E-state index in [4.69, 9.17) is 21.4 Å². The second-order valence-electron chi connectivity index (χ2n) is 4.59. The molecule has 6 heteroatoms. The highest BCUT2D eigenvalue weighted by atomic mass is 35.5. The van der Waals surface area contributed by atoms with Crippen LogP contribution in [-0.2, 0) is 11.8 Å². The van der Waals surface area contributed by atoms with Crippen molar-refractivity contribution >= 4 is 23.6 Å². The minimum absolute atomic E-state index is 0.408. The highest BCUT2D eigenvalue weighted by Gasteiger charge is 2.13. The third-order valence-electron chi connectivity index (χ3n) is 3.03. The van der Waals surface area contributed by atoms with Crippen LogP contribution in [0.15, 0.2) is 24.3 Å². The van der Waals surface area contributed by atoms with E-state index < -0.39 is 5.97 Å². The van der Waals surface area contributed by atoms with Crippen LogP contribution in [0.3, 0.4) is 0 Å². The first kappa shape index (κ1) is 15.1. The normalized spacial score (nSPS) is 11.0. The fourth-order valence-electron chi connectivity index (χ4n) is 1.88. The molecule has 0 atom stereocenters. The molecule has 110 valence electrons. The molecule has 5 nitrogen and oxygen atoms in total. The zero-order valence-corrected chi connectivity index (χ0v) is 12.7. The number of halogens is 1. The number of carboxylic acid groups (broad SMARTS) is 1. The average molecular weight is 307 g/mol. The van der Waals surface area contributed by atoms with Gasteiger partial charge in [-0.3, -0.25) is 4.68 Å². The van der Waals surface area contributed by atoms with E-state index in [1.807, 2.05) is 20.9 Å². The first-order chi connectivity index (χ1) is 9.88. The smallest absolute Gasteiger partial charge is 0.328 e.